The Kier molecular flexibility index (Phi) is 2.98. The van der Waals surface area contributed by atoms with E-state index < -0.39 is 0 Å². The molecule has 0 aliphatic rings. The average molecular weight is 390 g/mol. The van der Waals surface area contributed by atoms with Crippen LogP contribution in [0, 0.1) is 6.92 Å². The minimum atomic E-state index is 0.437. The molecule has 0 aliphatic heterocycles. The number of rotatable bonds is 1. The third kappa shape index (κ3) is 1.78. The van der Waals surface area contributed by atoms with E-state index in [4.69, 9.17) is 0 Å². The van der Waals surface area contributed by atoms with E-state index in [1.54, 1.807) is 8.70 Å². The summed E-state index contributed by atoms with van der Waals surface area (Å²) < 4.78 is 6.98. The Morgan fingerprint density at radius 2 is 1.85 bits per heavy atom. The van der Waals surface area contributed by atoms with E-state index in [0.29, 0.717) is 29.0 Å². The van der Waals surface area contributed by atoms with Crippen LogP contribution in [0.2, 0.25) is 0 Å². The van der Waals surface area contributed by atoms with Gasteiger partial charge in [0.2, 0.25) is 0 Å². The van der Waals surface area contributed by atoms with Gasteiger partial charge in [0.1, 0.15) is 0 Å². The molecule has 0 radical (unpaired) electrons. The Morgan fingerprint density at radius 3 is 2.65 bits per heavy atom. The van der Waals surface area contributed by atoms with Crippen molar-refractivity contribution in [2.75, 3.05) is 0 Å². The zero-order valence-corrected chi connectivity index (χ0v) is 14.8. The normalized spacial score (nSPS) is 11.5. The fourth-order valence-electron chi connectivity index (χ4n) is 2.71. The quantitative estimate of drug-likeness (QED) is 0.348. The maximum atomic E-state index is 2.34. The number of benzene rings is 1. The zero-order valence-electron chi connectivity index (χ0n) is 11.4. The van der Waals surface area contributed by atoms with Crippen LogP contribution in [-0.4, -0.2) is 29.0 Å². The predicted octanol–water partition coefficient (Wildman–Crippen LogP) is 2.91. The Hall–Kier alpha value is -1.11. The molecule has 3 aromatic heterocycles. The first-order chi connectivity index (χ1) is 9.75. The van der Waals surface area contributed by atoms with E-state index in [1.807, 2.05) is 0 Å². The van der Waals surface area contributed by atoms with Crippen LogP contribution in [0.1, 0.15) is 5.56 Å². The van der Waals surface area contributed by atoms with Crippen LogP contribution in [-0.2, 0) is 7.05 Å². The van der Waals surface area contributed by atoms with E-state index in [2.05, 4.69) is 66.1 Å². The molecule has 0 saturated heterocycles. The summed E-state index contributed by atoms with van der Waals surface area (Å²) in [5.74, 6) is 0. The first-order valence-electron chi connectivity index (χ1n) is 6.60. The molecule has 0 saturated carbocycles. The summed E-state index contributed by atoms with van der Waals surface area (Å²) in [6.07, 6.45) is 2.22. The molecule has 0 N–H and O–H groups in total. The number of nitrogens with zero attached hydrogens (tertiary/aromatic N) is 1. The number of hydrogen-bond acceptors (Lipinski definition) is 0. The average Bonchev–Trinajstić information content (AvgIpc) is 3.02. The summed E-state index contributed by atoms with van der Waals surface area (Å²) in [5, 5.41) is 2.90. The van der Waals surface area contributed by atoms with Crippen molar-refractivity contribution < 1.29 is 4.57 Å². The molecular weight excluding hydrogens is 376 g/mol. The number of hydrogen-bond donors (Lipinski definition) is 0. The van der Waals surface area contributed by atoms with Crippen molar-refractivity contribution in [3.05, 3.63) is 53.1 Å². The summed E-state index contributed by atoms with van der Waals surface area (Å²) >= 11 is 0.925. The van der Waals surface area contributed by atoms with Crippen molar-refractivity contribution in [3.63, 3.8) is 0 Å². The van der Waals surface area contributed by atoms with Crippen LogP contribution >= 0.6 is 0 Å². The zero-order chi connectivity index (χ0) is 13.7. The van der Waals surface area contributed by atoms with Crippen molar-refractivity contribution in [3.8, 4) is 10.1 Å². The Morgan fingerprint density at radius 1 is 1.00 bits per heavy atom. The van der Waals surface area contributed by atoms with E-state index in [9.17, 15) is 0 Å². The second-order valence-corrected chi connectivity index (χ2v) is 9.18. The van der Waals surface area contributed by atoms with Gasteiger partial charge in [-0.3, -0.25) is 0 Å². The molecule has 98 valence electrons. The van der Waals surface area contributed by atoms with Gasteiger partial charge in [-0.1, -0.05) is 0 Å². The van der Waals surface area contributed by atoms with Crippen molar-refractivity contribution >= 4 is 48.3 Å². The molecular formula is C17H14NSe2+. The second-order valence-electron chi connectivity index (χ2n) is 5.05. The molecule has 0 spiro atoms. The molecule has 0 aliphatic carbocycles. The van der Waals surface area contributed by atoms with Crippen LogP contribution in [0.3, 0.4) is 0 Å². The SMILES string of the molecule is Cc1cc[se]c1-c1c2[se]c3ccccc3c2cc[n+]1C. The van der Waals surface area contributed by atoms with Gasteiger partial charge in [-0.15, -0.1) is 0 Å². The van der Waals surface area contributed by atoms with Gasteiger partial charge >= 0.3 is 130 Å². The topological polar surface area (TPSA) is 3.88 Å². The van der Waals surface area contributed by atoms with E-state index >= 15 is 0 Å². The van der Waals surface area contributed by atoms with Gasteiger partial charge in [-0.25, -0.2) is 0 Å². The number of aromatic nitrogens is 1. The molecule has 0 atom stereocenters. The molecule has 3 heterocycles. The van der Waals surface area contributed by atoms with E-state index in [-0.39, 0.29) is 0 Å². The van der Waals surface area contributed by atoms with Crippen LogP contribution in [0.15, 0.2) is 47.5 Å². The van der Waals surface area contributed by atoms with Crippen LogP contribution in [0.25, 0.3) is 29.4 Å². The summed E-state index contributed by atoms with van der Waals surface area (Å²) in [5.41, 5.74) is 2.92. The van der Waals surface area contributed by atoms with Crippen molar-refractivity contribution in [2.45, 2.75) is 6.92 Å². The maximum absolute atomic E-state index is 2.34. The Bertz CT molecular complexity index is 931. The molecule has 0 amide bonds. The van der Waals surface area contributed by atoms with Crippen LogP contribution in [0.5, 0.6) is 0 Å². The van der Waals surface area contributed by atoms with Gasteiger partial charge in [0.25, 0.3) is 0 Å². The summed E-state index contributed by atoms with van der Waals surface area (Å²) in [6.45, 7) is 2.25. The van der Waals surface area contributed by atoms with Gasteiger partial charge in [0, 0.05) is 0 Å². The van der Waals surface area contributed by atoms with Crippen LogP contribution < -0.4 is 4.57 Å². The van der Waals surface area contributed by atoms with Crippen molar-refractivity contribution in [1.82, 2.24) is 0 Å². The van der Waals surface area contributed by atoms with Gasteiger partial charge in [-0.05, 0) is 0 Å². The van der Waals surface area contributed by atoms with Gasteiger partial charge < -0.3 is 0 Å². The molecule has 1 nitrogen and oxygen atoms in total. The number of pyridine rings is 1. The first-order valence-corrected chi connectivity index (χ1v) is 10.2. The van der Waals surface area contributed by atoms with Crippen molar-refractivity contribution in [2.24, 2.45) is 7.05 Å². The van der Waals surface area contributed by atoms with Crippen LogP contribution in [0.4, 0.5) is 0 Å². The molecule has 0 unspecified atom stereocenters. The Balaban J connectivity index is 2.19. The number of aryl methyl sites for hydroxylation is 2. The monoisotopic (exact) mass is 392 g/mol. The Labute approximate surface area is 130 Å². The fraction of sp³-hybridized carbons (Fsp3) is 0.118. The van der Waals surface area contributed by atoms with E-state index in [0.717, 1.165) is 0 Å². The standard InChI is InChI=1S/C17H14NSe2/c1-11-8-10-19-16(11)15-17-13(7-9-18(15)2)12-5-3-4-6-14(12)20-17/h3-10H,1-2H3/q+1. The summed E-state index contributed by atoms with van der Waals surface area (Å²) in [4.78, 5) is 2.34. The third-order valence-corrected chi connectivity index (χ3v) is 8.39. The summed E-state index contributed by atoms with van der Waals surface area (Å²) in [6, 6.07) is 13.5. The van der Waals surface area contributed by atoms with Gasteiger partial charge in [0.05, 0.1) is 0 Å². The third-order valence-electron chi connectivity index (χ3n) is 3.74. The van der Waals surface area contributed by atoms with Gasteiger partial charge in [-0.2, -0.15) is 0 Å². The molecule has 0 fully saturated rings. The van der Waals surface area contributed by atoms with Gasteiger partial charge in [0.15, 0.2) is 0 Å². The summed E-state index contributed by atoms with van der Waals surface area (Å²) in [7, 11) is 2.18. The number of fused-ring (bicyclic) bond motifs is 3. The van der Waals surface area contributed by atoms with E-state index in [1.165, 1.54) is 26.3 Å². The molecule has 0 bridgehead atoms. The molecule has 4 rings (SSSR count). The predicted molar refractivity (Wildman–Crippen MR) is 86.7 cm³/mol. The fourth-order valence-corrected chi connectivity index (χ4v) is 7.87. The van der Waals surface area contributed by atoms with Crippen molar-refractivity contribution in [1.29, 1.82) is 0 Å². The molecule has 1 aromatic carbocycles. The minimum absolute atomic E-state index is 0.437. The first kappa shape index (κ1) is 12.6. The molecule has 4 aromatic rings. The molecule has 20 heavy (non-hydrogen) atoms. The second kappa shape index (κ2) is 4.72. The molecule has 3 heteroatoms.